The standard InChI is InChI=1S/C23H27F3N5OP/c1-33(2,32)18-5-3-4-15-16(11-28-20(15)18)19-17(23(24,25)26)12-29-21(31-19)30-14-6-7-22(10-14)8-9-27-13-22/h3-5,11-12,14,27-28H,6-10,13H2,1-2H3,(H,29,30,31)/t14-,22+/m1/s1. The molecule has 1 saturated carbocycles. The Hall–Kier alpha value is -2.38. The van der Waals surface area contributed by atoms with Gasteiger partial charge in [-0.25, -0.2) is 9.97 Å². The first-order valence-corrected chi connectivity index (χ1v) is 13.7. The number of hydrogen-bond acceptors (Lipinski definition) is 5. The minimum Gasteiger partial charge on any atom is -0.360 e. The molecule has 0 unspecified atom stereocenters. The summed E-state index contributed by atoms with van der Waals surface area (Å²) in [5.41, 5.74) is 0.0991. The van der Waals surface area contributed by atoms with Gasteiger partial charge in [0, 0.05) is 41.2 Å². The van der Waals surface area contributed by atoms with Crippen LogP contribution in [0.25, 0.3) is 22.2 Å². The molecule has 3 heterocycles. The average Bonchev–Trinajstić information content (AvgIpc) is 3.47. The van der Waals surface area contributed by atoms with Crippen LogP contribution in [0.3, 0.4) is 0 Å². The molecule has 1 aliphatic heterocycles. The summed E-state index contributed by atoms with van der Waals surface area (Å²) in [6, 6.07) is 5.32. The molecule has 6 nitrogen and oxygen atoms in total. The van der Waals surface area contributed by atoms with E-state index in [1.807, 2.05) is 0 Å². The maximum atomic E-state index is 13.9. The first-order chi connectivity index (χ1) is 15.6. The van der Waals surface area contributed by atoms with Crippen LogP contribution in [0.4, 0.5) is 19.1 Å². The fraction of sp³-hybridized carbons (Fsp3) is 0.478. The zero-order valence-corrected chi connectivity index (χ0v) is 19.5. The van der Waals surface area contributed by atoms with E-state index in [0.717, 1.165) is 45.0 Å². The van der Waals surface area contributed by atoms with Crippen molar-refractivity contribution in [3.05, 3.63) is 36.2 Å². The summed E-state index contributed by atoms with van der Waals surface area (Å²) >= 11 is 0. The molecule has 10 heteroatoms. The van der Waals surface area contributed by atoms with Crippen LogP contribution in [-0.4, -0.2) is 47.4 Å². The van der Waals surface area contributed by atoms with Crippen LogP contribution in [-0.2, 0) is 10.7 Å². The van der Waals surface area contributed by atoms with Gasteiger partial charge >= 0.3 is 6.18 Å². The second-order valence-electron chi connectivity index (χ2n) is 9.72. The summed E-state index contributed by atoms with van der Waals surface area (Å²) in [6.45, 7) is 5.29. The van der Waals surface area contributed by atoms with Crippen molar-refractivity contribution in [2.45, 2.75) is 37.9 Å². The van der Waals surface area contributed by atoms with Crippen molar-refractivity contribution >= 4 is 29.3 Å². The molecule has 2 fully saturated rings. The topological polar surface area (TPSA) is 82.7 Å². The highest BCUT2D eigenvalue weighted by atomic mass is 31.2. The highest BCUT2D eigenvalue weighted by molar-refractivity contribution is 7.70. The zero-order chi connectivity index (χ0) is 23.4. The van der Waals surface area contributed by atoms with Gasteiger partial charge in [0.2, 0.25) is 5.95 Å². The van der Waals surface area contributed by atoms with Crippen molar-refractivity contribution in [2.24, 2.45) is 5.41 Å². The van der Waals surface area contributed by atoms with Gasteiger partial charge in [-0.3, -0.25) is 0 Å². The monoisotopic (exact) mass is 477 g/mol. The van der Waals surface area contributed by atoms with Crippen LogP contribution in [0.2, 0.25) is 0 Å². The van der Waals surface area contributed by atoms with Crippen LogP contribution >= 0.6 is 7.14 Å². The van der Waals surface area contributed by atoms with Gasteiger partial charge in [0.25, 0.3) is 0 Å². The van der Waals surface area contributed by atoms with Gasteiger partial charge in [0.1, 0.15) is 12.7 Å². The van der Waals surface area contributed by atoms with Crippen molar-refractivity contribution in [3.63, 3.8) is 0 Å². The van der Waals surface area contributed by atoms with Gasteiger partial charge in [0.05, 0.1) is 11.2 Å². The maximum absolute atomic E-state index is 13.9. The average molecular weight is 477 g/mol. The summed E-state index contributed by atoms with van der Waals surface area (Å²) in [6.07, 6.45) is 1.89. The Balaban J connectivity index is 1.55. The van der Waals surface area contributed by atoms with Gasteiger partial charge in [-0.05, 0) is 57.0 Å². The molecule has 0 bridgehead atoms. The number of alkyl halides is 3. The number of aromatic amines is 1. The molecule has 2 aliphatic rings. The Kier molecular flexibility index (Phi) is 5.33. The van der Waals surface area contributed by atoms with Crippen molar-refractivity contribution < 1.29 is 17.7 Å². The van der Waals surface area contributed by atoms with Gasteiger partial charge < -0.3 is 20.2 Å². The van der Waals surface area contributed by atoms with Crippen molar-refractivity contribution in [1.82, 2.24) is 20.3 Å². The summed E-state index contributed by atoms with van der Waals surface area (Å²) < 4.78 is 54.4. The molecule has 33 heavy (non-hydrogen) atoms. The zero-order valence-electron chi connectivity index (χ0n) is 18.6. The molecule has 2 atom stereocenters. The molecule has 1 aromatic carbocycles. The molecule has 3 N–H and O–H groups in total. The number of H-pyrrole nitrogens is 1. The molecule has 5 rings (SSSR count). The minimum atomic E-state index is -4.60. The number of rotatable bonds is 4. The smallest absolute Gasteiger partial charge is 0.360 e. The summed E-state index contributed by atoms with van der Waals surface area (Å²) in [5, 5.41) is 7.86. The highest BCUT2D eigenvalue weighted by Gasteiger charge is 2.41. The fourth-order valence-electron chi connectivity index (χ4n) is 5.34. The predicted molar refractivity (Wildman–Crippen MR) is 125 cm³/mol. The van der Waals surface area contributed by atoms with Gasteiger partial charge in [0.15, 0.2) is 0 Å². The molecule has 1 spiro atoms. The largest absolute Gasteiger partial charge is 0.419 e. The van der Waals surface area contributed by atoms with E-state index in [-0.39, 0.29) is 23.1 Å². The van der Waals surface area contributed by atoms with E-state index >= 15 is 0 Å². The second kappa shape index (κ2) is 7.84. The lowest BCUT2D eigenvalue weighted by Crippen LogP contribution is -2.24. The third kappa shape index (κ3) is 4.17. The Bertz CT molecular complexity index is 1240. The first kappa shape index (κ1) is 22.4. The van der Waals surface area contributed by atoms with E-state index in [1.54, 1.807) is 31.5 Å². The van der Waals surface area contributed by atoms with E-state index in [1.165, 1.54) is 6.20 Å². The predicted octanol–water partition coefficient (Wildman–Crippen LogP) is 4.84. The number of nitrogens with one attached hydrogen (secondary N) is 3. The molecular weight excluding hydrogens is 450 g/mol. The molecule has 0 amide bonds. The number of aromatic nitrogens is 3. The van der Waals surface area contributed by atoms with E-state index in [4.69, 9.17) is 0 Å². The molecule has 3 aromatic rings. The number of hydrogen-bond donors (Lipinski definition) is 3. The summed E-state index contributed by atoms with van der Waals surface area (Å²) in [7, 11) is -2.63. The normalized spacial score (nSPS) is 23.6. The van der Waals surface area contributed by atoms with E-state index in [0.29, 0.717) is 21.8 Å². The van der Waals surface area contributed by atoms with Crippen LogP contribution in [0.5, 0.6) is 0 Å². The molecule has 176 valence electrons. The molecule has 2 aromatic heterocycles. The van der Waals surface area contributed by atoms with E-state index < -0.39 is 18.9 Å². The lowest BCUT2D eigenvalue weighted by atomic mass is 9.85. The second-order valence-corrected chi connectivity index (χ2v) is 12.9. The molecule has 0 radical (unpaired) electrons. The Morgan fingerprint density at radius 3 is 2.76 bits per heavy atom. The van der Waals surface area contributed by atoms with E-state index in [9.17, 15) is 17.7 Å². The van der Waals surface area contributed by atoms with Crippen molar-refractivity contribution in [2.75, 3.05) is 31.7 Å². The molecular formula is C23H27F3N5OP. The number of fused-ring (bicyclic) bond motifs is 1. The van der Waals surface area contributed by atoms with E-state index in [2.05, 4.69) is 25.6 Å². The lowest BCUT2D eigenvalue weighted by Gasteiger charge is -2.22. The fourth-order valence-corrected chi connectivity index (χ4v) is 6.51. The van der Waals surface area contributed by atoms with Gasteiger partial charge in [-0.1, -0.05) is 12.1 Å². The SMILES string of the molecule is CP(C)(=O)c1cccc2c(-c3nc(N[C@@H]4CC[C@]5(CCNC5)C4)ncc3C(F)(F)F)c[nH]c12. The molecule has 1 saturated heterocycles. The third-order valence-electron chi connectivity index (χ3n) is 6.99. The summed E-state index contributed by atoms with van der Waals surface area (Å²) in [5.74, 6) is 0.202. The number of benzene rings is 1. The maximum Gasteiger partial charge on any atom is 0.419 e. The van der Waals surface area contributed by atoms with Crippen LogP contribution < -0.4 is 15.9 Å². The Morgan fingerprint density at radius 2 is 2.06 bits per heavy atom. The summed E-state index contributed by atoms with van der Waals surface area (Å²) in [4.78, 5) is 11.4. The minimum absolute atomic E-state index is 0.134. The number of halogens is 3. The number of nitrogens with zero attached hydrogens (tertiary/aromatic N) is 2. The van der Waals surface area contributed by atoms with Gasteiger partial charge in [-0.15, -0.1) is 0 Å². The number of anilines is 1. The van der Waals surface area contributed by atoms with Gasteiger partial charge in [-0.2, -0.15) is 13.2 Å². The first-order valence-electron chi connectivity index (χ1n) is 11.1. The van der Waals surface area contributed by atoms with Crippen LogP contribution in [0.1, 0.15) is 31.2 Å². The number of para-hydroxylation sites is 1. The van der Waals surface area contributed by atoms with Crippen LogP contribution in [0, 0.1) is 5.41 Å². The molecule has 1 aliphatic carbocycles. The third-order valence-corrected chi connectivity index (χ3v) is 8.52. The quantitative estimate of drug-likeness (QED) is 0.469. The lowest BCUT2D eigenvalue weighted by molar-refractivity contribution is -0.137. The Morgan fingerprint density at radius 1 is 1.24 bits per heavy atom. The van der Waals surface area contributed by atoms with Crippen molar-refractivity contribution in [3.8, 4) is 11.3 Å². The Labute approximate surface area is 190 Å². The van der Waals surface area contributed by atoms with Crippen LogP contribution in [0.15, 0.2) is 30.6 Å². The highest BCUT2D eigenvalue weighted by Crippen LogP contribution is 2.44. The van der Waals surface area contributed by atoms with Crippen molar-refractivity contribution in [1.29, 1.82) is 0 Å².